The number of benzene rings is 3. The Balaban J connectivity index is 0.00000162. The first-order valence-electron chi connectivity index (χ1n) is 11.0. The quantitative estimate of drug-likeness (QED) is 0.369. The molecule has 2 aliphatic rings. The van der Waals surface area contributed by atoms with Gasteiger partial charge in [0.05, 0.1) is 5.41 Å². The molecule has 34 heavy (non-hydrogen) atoms. The average molecular weight is 443 g/mol. The van der Waals surface area contributed by atoms with Gasteiger partial charge in [0.2, 0.25) is 0 Å². The number of rotatable bonds is 5. The molecule has 0 amide bonds. The molecular formula is C34H34. The Morgan fingerprint density at radius 1 is 0.618 bits per heavy atom. The fourth-order valence-corrected chi connectivity index (χ4v) is 5.69. The van der Waals surface area contributed by atoms with Crippen LogP contribution in [0.15, 0.2) is 134 Å². The zero-order valence-electron chi connectivity index (χ0n) is 18.4. The molecule has 0 bridgehead atoms. The zero-order chi connectivity index (χ0) is 22.3. The lowest BCUT2D eigenvalue weighted by molar-refractivity contribution is 0.779. The third-order valence-corrected chi connectivity index (χ3v) is 6.78. The Bertz CT molecular complexity index is 1360. The molecule has 2 aliphatic carbocycles. The van der Waals surface area contributed by atoms with Crippen molar-refractivity contribution in [3.63, 3.8) is 0 Å². The third-order valence-electron chi connectivity index (χ3n) is 6.78. The van der Waals surface area contributed by atoms with Crippen molar-refractivity contribution >= 4 is 11.1 Å². The van der Waals surface area contributed by atoms with Gasteiger partial charge in [-0.05, 0) is 62.6 Å². The van der Waals surface area contributed by atoms with Crippen LogP contribution in [0.5, 0.6) is 0 Å². The van der Waals surface area contributed by atoms with Gasteiger partial charge in [0.1, 0.15) is 0 Å². The van der Waals surface area contributed by atoms with Crippen LogP contribution in [0.2, 0.25) is 0 Å². The molecule has 1 unspecified atom stereocenters. The molecular weight excluding hydrogens is 408 g/mol. The molecule has 170 valence electrons. The predicted molar refractivity (Wildman–Crippen MR) is 152 cm³/mol. The standard InChI is InChI=1S/C32H26.2CH4/c1-5-15-28-23(6-2)26-18-12-13-20-29(26)32(28)27(8-4)24(7-3)31-25(19-14-21-30(31)32)22-16-10-9-11-17-22;;/h5-21H,2-4H2,1H3;2*1H4/b15-5-;;. The summed E-state index contributed by atoms with van der Waals surface area (Å²) in [5, 5.41) is 0. The van der Waals surface area contributed by atoms with Crippen molar-refractivity contribution in [2.24, 2.45) is 0 Å². The van der Waals surface area contributed by atoms with E-state index in [0.717, 1.165) is 5.57 Å². The summed E-state index contributed by atoms with van der Waals surface area (Å²) in [7, 11) is 0. The van der Waals surface area contributed by atoms with E-state index in [1.807, 2.05) is 18.2 Å². The van der Waals surface area contributed by atoms with E-state index < -0.39 is 5.41 Å². The van der Waals surface area contributed by atoms with Gasteiger partial charge in [0.25, 0.3) is 0 Å². The molecule has 3 aromatic carbocycles. The Morgan fingerprint density at radius 2 is 1.24 bits per heavy atom. The normalized spacial score (nSPS) is 17.8. The topological polar surface area (TPSA) is 0 Å². The third kappa shape index (κ3) is 3.06. The molecule has 3 aromatic rings. The van der Waals surface area contributed by atoms with E-state index in [-0.39, 0.29) is 14.9 Å². The minimum atomic E-state index is -0.433. The van der Waals surface area contributed by atoms with Crippen LogP contribution in [0.4, 0.5) is 0 Å². The van der Waals surface area contributed by atoms with Crippen molar-refractivity contribution in [2.45, 2.75) is 27.2 Å². The number of allylic oxidation sites excluding steroid dienone is 9. The first kappa shape index (κ1) is 24.7. The van der Waals surface area contributed by atoms with E-state index in [1.165, 1.54) is 50.1 Å². The summed E-state index contributed by atoms with van der Waals surface area (Å²) in [6, 6.07) is 26.0. The lowest BCUT2D eigenvalue weighted by Gasteiger charge is -2.32. The maximum atomic E-state index is 4.29. The maximum absolute atomic E-state index is 4.29. The van der Waals surface area contributed by atoms with E-state index >= 15 is 0 Å². The van der Waals surface area contributed by atoms with E-state index in [1.54, 1.807) is 0 Å². The zero-order valence-corrected chi connectivity index (χ0v) is 18.4. The van der Waals surface area contributed by atoms with Crippen LogP contribution < -0.4 is 0 Å². The van der Waals surface area contributed by atoms with E-state index in [4.69, 9.17) is 0 Å². The SMILES string of the molecule is C.C.C=CC1=C(/C=C\C)C2(C(C=C)=C(C=C)c3c(-c4ccccc4)cccc32)c2ccccc21. The van der Waals surface area contributed by atoms with Crippen LogP contribution in [0.3, 0.4) is 0 Å². The van der Waals surface area contributed by atoms with Crippen LogP contribution in [0.25, 0.3) is 22.3 Å². The number of hydrogen-bond donors (Lipinski definition) is 0. The van der Waals surface area contributed by atoms with Gasteiger partial charge in [0.15, 0.2) is 0 Å². The fraction of sp³-hybridized carbons (Fsp3) is 0.118. The Hall–Kier alpha value is -3.90. The van der Waals surface area contributed by atoms with Crippen molar-refractivity contribution in [3.8, 4) is 11.1 Å². The lowest BCUT2D eigenvalue weighted by atomic mass is 9.68. The largest absolute Gasteiger partial charge is 0.0987 e. The van der Waals surface area contributed by atoms with Gasteiger partial charge in [-0.15, -0.1) is 0 Å². The van der Waals surface area contributed by atoms with Gasteiger partial charge < -0.3 is 0 Å². The molecule has 0 heterocycles. The molecule has 0 N–H and O–H groups in total. The highest BCUT2D eigenvalue weighted by atomic mass is 14.5. The first-order valence-corrected chi connectivity index (χ1v) is 11.0. The van der Waals surface area contributed by atoms with Crippen LogP contribution in [-0.4, -0.2) is 0 Å². The molecule has 0 saturated heterocycles. The van der Waals surface area contributed by atoms with Crippen molar-refractivity contribution < 1.29 is 0 Å². The van der Waals surface area contributed by atoms with Crippen molar-refractivity contribution in [1.82, 2.24) is 0 Å². The summed E-state index contributed by atoms with van der Waals surface area (Å²) >= 11 is 0. The lowest BCUT2D eigenvalue weighted by Crippen LogP contribution is -2.27. The second-order valence-electron chi connectivity index (χ2n) is 8.16. The highest BCUT2D eigenvalue weighted by molar-refractivity contribution is 6.02. The summed E-state index contributed by atoms with van der Waals surface area (Å²) in [4.78, 5) is 0. The Morgan fingerprint density at radius 3 is 1.88 bits per heavy atom. The maximum Gasteiger partial charge on any atom is 0.0725 e. The predicted octanol–water partition coefficient (Wildman–Crippen LogP) is 9.58. The number of hydrogen-bond acceptors (Lipinski definition) is 0. The van der Waals surface area contributed by atoms with Crippen LogP contribution in [-0.2, 0) is 5.41 Å². The summed E-state index contributed by atoms with van der Waals surface area (Å²) < 4.78 is 0. The fourth-order valence-electron chi connectivity index (χ4n) is 5.69. The van der Waals surface area contributed by atoms with Crippen LogP contribution in [0, 0.1) is 0 Å². The van der Waals surface area contributed by atoms with Gasteiger partial charge >= 0.3 is 0 Å². The van der Waals surface area contributed by atoms with E-state index in [2.05, 4.69) is 112 Å². The van der Waals surface area contributed by atoms with Crippen LogP contribution >= 0.6 is 0 Å². The minimum absolute atomic E-state index is 0. The molecule has 1 spiro atoms. The second-order valence-corrected chi connectivity index (χ2v) is 8.16. The minimum Gasteiger partial charge on any atom is -0.0987 e. The molecule has 0 heteroatoms. The Labute approximate surface area is 205 Å². The molecule has 1 atom stereocenters. The van der Waals surface area contributed by atoms with E-state index in [0.29, 0.717) is 0 Å². The summed E-state index contributed by atoms with van der Waals surface area (Å²) in [5.74, 6) is 0. The number of fused-ring (bicyclic) bond motifs is 4. The van der Waals surface area contributed by atoms with Crippen LogP contribution in [0.1, 0.15) is 44.0 Å². The molecule has 0 aromatic heterocycles. The first-order chi connectivity index (χ1) is 15.7. The average Bonchev–Trinajstić information content (AvgIpc) is 3.30. The van der Waals surface area contributed by atoms with E-state index in [9.17, 15) is 0 Å². The van der Waals surface area contributed by atoms with Gasteiger partial charge in [-0.25, -0.2) is 0 Å². The molecule has 0 saturated carbocycles. The summed E-state index contributed by atoms with van der Waals surface area (Å²) in [6.07, 6.45) is 10.4. The van der Waals surface area contributed by atoms with Crippen molar-refractivity contribution in [1.29, 1.82) is 0 Å². The monoisotopic (exact) mass is 442 g/mol. The highest BCUT2D eigenvalue weighted by Crippen LogP contribution is 2.62. The molecule has 0 radical (unpaired) electrons. The van der Waals surface area contributed by atoms with Gasteiger partial charge in [-0.1, -0.05) is 138 Å². The molecule has 0 nitrogen and oxygen atoms in total. The summed E-state index contributed by atoms with van der Waals surface area (Å²) in [6.45, 7) is 14.8. The Kier molecular flexibility index (Phi) is 6.93. The smallest absolute Gasteiger partial charge is 0.0725 e. The molecule has 5 rings (SSSR count). The van der Waals surface area contributed by atoms with Crippen molar-refractivity contribution in [3.05, 3.63) is 156 Å². The second kappa shape index (κ2) is 9.53. The molecule has 0 aliphatic heterocycles. The van der Waals surface area contributed by atoms with Gasteiger partial charge in [-0.2, -0.15) is 0 Å². The highest BCUT2D eigenvalue weighted by Gasteiger charge is 2.52. The van der Waals surface area contributed by atoms with Gasteiger partial charge in [-0.3, -0.25) is 0 Å². The van der Waals surface area contributed by atoms with Gasteiger partial charge in [0, 0.05) is 0 Å². The summed E-state index contributed by atoms with van der Waals surface area (Å²) in [5.41, 5.74) is 11.8. The van der Waals surface area contributed by atoms with Crippen molar-refractivity contribution in [2.75, 3.05) is 0 Å². The molecule has 0 fully saturated rings.